The zero-order valence-electron chi connectivity index (χ0n) is 16.9. The number of ketones is 1. The largest absolute Gasteiger partial charge is 0.459 e. The third-order valence-electron chi connectivity index (χ3n) is 5.26. The van der Waals surface area contributed by atoms with Gasteiger partial charge in [0.2, 0.25) is 11.7 Å². The lowest BCUT2D eigenvalue weighted by Crippen LogP contribution is -2.34. The highest BCUT2D eigenvalue weighted by atomic mass is 16.6. The molecule has 0 spiro atoms. The quantitative estimate of drug-likeness (QED) is 0.485. The Morgan fingerprint density at radius 3 is 2.86 bits per heavy atom. The monoisotopic (exact) mass is 395 g/mol. The minimum atomic E-state index is -0.636. The molecular formula is C22H25N3O4. The third kappa shape index (κ3) is 3.77. The van der Waals surface area contributed by atoms with Crippen LogP contribution in [0.2, 0.25) is 0 Å². The van der Waals surface area contributed by atoms with E-state index in [1.54, 1.807) is 32.3 Å². The van der Waals surface area contributed by atoms with Crippen LogP contribution in [0.3, 0.4) is 0 Å². The number of carbonyl (C=O) groups excluding carboxylic acids is 2. The van der Waals surface area contributed by atoms with Crippen molar-refractivity contribution >= 4 is 28.9 Å². The second-order valence-corrected chi connectivity index (χ2v) is 7.89. The van der Waals surface area contributed by atoms with Crippen LogP contribution in [0.5, 0.6) is 0 Å². The molecule has 0 unspecified atom stereocenters. The predicted octanol–water partition coefficient (Wildman–Crippen LogP) is 3.40. The minimum absolute atomic E-state index is 0.0162. The van der Waals surface area contributed by atoms with Crippen LogP contribution in [-0.2, 0) is 19.1 Å². The van der Waals surface area contributed by atoms with E-state index in [1.807, 2.05) is 17.0 Å². The summed E-state index contributed by atoms with van der Waals surface area (Å²) in [4.78, 5) is 35.1. The molecule has 0 aliphatic carbocycles. The number of carbonyl (C=O) groups is 2. The van der Waals surface area contributed by atoms with Crippen molar-refractivity contribution in [2.75, 3.05) is 13.1 Å². The number of ether oxygens (including phenoxy) is 2. The van der Waals surface area contributed by atoms with Crippen LogP contribution in [0.4, 0.5) is 0 Å². The van der Waals surface area contributed by atoms with Crippen LogP contribution >= 0.6 is 0 Å². The normalized spacial score (nSPS) is 19.5. The Bertz CT molecular complexity index is 1010. The SMILES string of the molecule is CC1CCN(C2=C(C(=O)OC(C)C)C(=O)C(=Cc3c[nH]c4ncccc34)O2)CC1. The first-order valence-electron chi connectivity index (χ1n) is 10.0. The van der Waals surface area contributed by atoms with Crippen LogP contribution in [0.25, 0.3) is 17.1 Å². The number of Topliss-reactive ketones (excluding diaryl/α,β-unsaturated/α-hetero) is 1. The molecule has 29 heavy (non-hydrogen) atoms. The summed E-state index contributed by atoms with van der Waals surface area (Å²) < 4.78 is 11.3. The number of hydrogen-bond donors (Lipinski definition) is 1. The molecule has 0 amide bonds. The number of piperidine rings is 1. The number of nitrogens with zero attached hydrogens (tertiary/aromatic N) is 2. The van der Waals surface area contributed by atoms with E-state index in [0.717, 1.165) is 42.5 Å². The Balaban J connectivity index is 1.69. The summed E-state index contributed by atoms with van der Waals surface area (Å²) in [6.45, 7) is 7.21. The van der Waals surface area contributed by atoms with Gasteiger partial charge < -0.3 is 19.4 Å². The number of rotatable bonds is 4. The fourth-order valence-corrected chi connectivity index (χ4v) is 3.64. The van der Waals surface area contributed by atoms with Crippen LogP contribution in [0.15, 0.2) is 41.7 Å². The zero-order chi connectivity index (χ0) is 20.5. The van der Waals surface area contributed by atoms with E-state index in [0.29, 0.717) is 11.8 Å². The summed E-state index contributed by atoms with van der Waals surface area (Å²) in [7, 11) is 0. The maximum atomic E-state index is 13.1. The summed E-state index contributed by atoms with van der Waals surface area (Å²) in [5.41, 5.74) is 1.49. The minimum Gasteiger partial charge on any atom is -0.459 e. The van der Waals surface area contributed by atoms with Crippen molar-refractivity contribution in [1.29, 1.82) is 0 Å². The molecule has 1 N–H and O–H groups in total. The summed E-state index contributed by atoms with van der Waals surface area (Å²) in [5.74, 6) is -0.0234. The van der Waals surface area contributed by atoms with Crippen LogP contribution < -0.4 is 0 Å². The molecule has 4 heterocycles. The number of H-pyrrole nitrogens is 1. The van der Waals surface area contributed by atoms with Crippen molar-refractivity contribution in [2.45, 2.75) is 39.7 Å². The van der Waals surface area contributed by atoms with Crippen molar-refractivity contribution in [3.63, 3.8) is 0 Å². The fraction of sp³-hybridized carbons (Fsp3) is 0.409. The smallest absolute Gasteiger partial charge is 0.348 e. The molecule has 2 aliphatic heterocycles. The standard InChI is InChI=1S/C22H25N3O4/c1-13(2)28-22(27)18-19(26)17(29-21(18)25-9-6-14(3)7-10-25)11-15-12-24-20-16(15)5-4-8-23-20/h4-5,8,11-14H,6-7,9-10H2,1-3H3,(H,23,24). The first-order valence-corrected chi connectivity index (χ1v) is 10.0. The molecular weight excluding hydrogens is 370 g/mol. The van der Waals surface area contributed by atoms with E-state index in [9.17, 15) is 9.59 Å². The van der Waals surface area contributed by atoms with Crippen LogP contribution in [0, 0.1) is 5.92 Å². The van der Waals surface area contributed by atoms with E-state index in [4.69, 9.17) is 9.47 Å². The summed E-state index contributed by atoms with van der Waals surface area (Å²) in [6.07, 6.45) is 6.78. The van der Waals surface area contributed by atoms with Gasteiger partial charge in [-0.3, -0.25) is 4.79 Å². The van der Waals surface area contributed by atoms with Gasteiger partial charge in [0.05, 0.1) is 6.10 Å². The number of allylic oxidation sites excluding steroid dienone is 1. The van der Waals surface area contributed by atoms with Gasteiger partial charge in [0.1, 0.15) is 5.65 Å². The van der Waals surface area contributed by atoms with Gasteiger partial charge in [-0.05, 0) is 50.8 Å². The third-order valence-corrected chi connectivity index (χ3v) is 5.26. The van der Waals surface area contributed by atoms with Crippen LogP contribution in [-0.4, -0.2) is 45.8 Å². The average Bonchev–Trinajstić information content (AvgIpc) is 3.24. The van der Waals surface area contributed by atoms with E-state index in [-0.39, 0.29) is 17.4 Å². The van der Waals surface area contributed by atoms with Gasteiger partial charge in [0, 0.05) is 36.4 Å². The van der Waals surface area contributed by atoms with E-state index in [1.165, 1.54) is 0 Å². The molecule has 4 rings (SSSR count). The van der Waals surface area contributed by atoms with Crippen molar-refractivity contribution in [1.82, 2.24) is 14.9 Å². The maximum Gasteiger partial charge on any atom is 0.348 e. The molecule has 7 nitrogen and oxygen atoms in total. The highest BCUT2D eigenvalue weighted by Crippen LogP contribution is 2.33. The molecule has 0 radical (unpaired) electrons. The number of likely N-dealkylation sites (tertiary alicyclic amines) is 1. The lowest BCUT2D eigenvalue weighted by atomic mass is 9.99. The van der Waals surface area contributed by atoms with Gasteiger partial charge in [0.15, 0.2) is 11.3 Å². The highest BCUT2D eigenvalue weighted by Gasteiger charge is 2.40. The molecule has 2 aromatic heterocycles. The van der Waals surface area contributed by atoms with E-state index < -0.39 is 11.8 Å². The van der Waals surface area contributed by atoms with Crippen molar-refractivity contribution in [2.24, 2.45) is 5.92 Å². The van der Waals surface area contributed by atoms with E-state index >= 15 is 0 Å². The number of pyridine rings is 1. The van der Waals surface area contributed by atoms with Gasteiger partial charge in [-0.15, -0.1) is 0 Å². The first kappa shape index (κ1) is 19.2. The summed E-state index contributed by atoms with van der Waals surface area (Å²) >= 11 is 0. The molecule has 0 saturated carbocycles. The highest BCUT2D eigenvalue weighted by molar-refractivity contribution is 6.26. The van der Waals surface area contributed by atoms with E-state index in [2.05, 4.69) is 16.9 Å². The number of esters is 1. The zero-order valence-corrected chi connectivity index (χ0v) is 16.9. The van der Waals surface area contributed by atoms with Crippen molar-refractivity contribution in [3.8, 4) is 0 Å². The van der Waals surface area contributed by atoms with Crippen molar-refractivity contribution < 1.29 is 19.1 Å². The average molecular weight is 395 g/mol. The Morgan fingerprint density at radius 2 is 2.14 bits per heavy atom. The maximum absolute atomic E-state index is 13.1. The topological polar surface area (TPSA) is 84.5 Å². The Labute approximate surface area is 169 Å². The molecule has 0 bridgehead atoms. The number of fused-ring (bicyclic) bond motifs is 1. The molecule has 152 valence electrons. The Hall–Kier alpha value is -3.09. The molecule has 7 heteroatoms. The van der Waals surface area contributed by atoms with Gasteiger partial charge in [0.25, 0.3) is 0 Å². The Kier molecular flexibility index (Phi) is 5.13. The van der Waals surface area contributed by atoms with Crippen LogP contribution in [0.1, 0.15) is 39.2 Å². The number of hydrogen-bond acceptors (Lipinski definition) is 6. The van der Waals surface area contributed by atoms with Gasteiger partial charge in [-0.2, -0.15) is 0 Å². The number of aromatic amines is 1. The second-order valence-electron chi connectivity index (χ2n) is 7.89. The molecule has 2 aliphatic rings. The molecule has 1 saturated heterocycles. The summed E-state index contributed by atoms with van der Waals surface area (Å²) in [6, 6.07) is 3.75. The molecule has 1 fully saturated rings. The number of aromatic nitrogens is 2. The molecule has 0 aromatic carbocycles. The number of nitrogens with one attached hydrogen (secondary N) is 1. The first-order chi connectivity index (χ1) is 13.9. The predicted molar refractivity (Wildman–Crippen MR) is 108 cm³/mol. The fourth-order valence-electron chi connectivity index (χ4n) is 3.64. The van der Waals surface area contributed by atoms with Gasteiger partial charge in [-0.25, -0.2) is 9.78 Å². The summed E-state index contributed by atoms with van der Waals surface area (Å²) in [5, 5.41) is 0.878. The molecule has 2 aromatic rings. The lowest BCUT2D eigenvalue weighted by molar-refractivity contribution is -0.143. The lowest BCUT2D eigenvalue weighted by Gasteiger charge is -2.32. The van der Waals surface area contributed by atoms with Gasteiger partial charge >= 0.3 is 5.97 Å². The second kappa shape index (κ2) is 7.73. The Morgan fingerprint density at radius 1 is 1.38 bits per heavy atom. The van der Waals surface area contributed by atoms with Crippen molar-refractivity contribution in [3.05, 3.63) is 47.3 Å². The molecule has 0 atom stereocenters. The van der Waals surface area contributed by atoms with Gasteiger partial charge in [-0.1, -0.05) is 6.92 Å².